The van der Waals surface area contributed by atoms with Gasteiger partial charge in [0, 0.05) is 39.9 Å². The van der Waals surface area contributed by atoms with E-state index >= 15 is 0 Å². The second kappa shape index (κ2) is 10.7. The molecule has 5 unspecified atom stereocenters. The predicted octanol–water partition coefficient (Wildman–Crippen LogP) is 1.60. The fourth-order valence-corrected chi connectivity index (χ4v) is 9.61. The molecule has 2 aliphatic carbocycles. The third-order valence-corrected chi connectivity index (χ3v) is 13.0. The number of amides is 2. The molecule has 0 radical (unpaired) electrons. The summed E-state index contributed by atoms with van der Waals surface area (Å²) in [5.41, 5.74) is -1.02. The lowest BCUT2D eigenvalue weighted by molar-refractivity contribution is -0.161. The Morgan fingerprint density at radius 3 is 2.05 bits per heavy atom. The van der Waals surface area contributed by atoms with Gasteiger partial charge in [-0.25, -0.2) is 21.1 Å². The van der Waals surface area contributed by atoms with Crippen LogP contribution < -0.4 is 0 Å². The minimum atomic E-state index is -3.62. The molecule has 4 rings (SSSR count). The van der Waals surface area contributed by atoms with Crippen LogP contribution in [0.3, 0.4) is 0 Å². The van der Waals surface area contributed by atoms with Gasteiger partial charge in [-0.1, -0.05) is 0 Å². The molecular weight excluding hydrogens is 518 g/mol. The van der Waals surface area contributed by atoms with Crippen molar-refractivity contribution >= 4 is 31.7 Å². The maximum Gasteiger partial charge on any atom is 0.252 e. The largest absolute Gasteiger partial charge is 0.348 e. The monoisotopic (exact) mass is 561 g/mol. The number of sulfone groups is 1. The van der Waals surface area contributed by atoms with Crippen molar-refractivity contribution in [3.63, 3.8) is 0 Å². The zero-order chi connectivity index (χ0) is 27.3. The van der Waals surface area contributed by atoms with Crippen LogP contribution in [0.4, 0.5) is 0 Å². The lowest BCUT2D eigenvalue weighted by Crippen LogP contribution is -2.68. The van der Waals surface area contributed by atoms with E-state index in [4.69, 9.17) is 4.74 Å². The van der Waals surface area contributed by atoms with Crippen LogP contribution in [0.5, 0.6) is 0 Å². The second-order valence-corrected chi connectivity index (χ2v) is 16.4. The zero-order valence-corrected chi connectivity index (χ0v) is 24.3. The summed E-state index contributed by atoms with van der Waals surface area (Å²) >= 11 is 0. The maximum atomic E-state index is 13.8. The molecule has 0 bridgehead atoms. The van der Waals surface area contributed by atoms with E-state index in [-0.39, 0.29) is 41.6 Å². The fraction of sp³-hybridized carbons (Fsp3) is 0.920. The highest BCUT2D eigenvalue weighted by Gasteiger charge is 2.50. The van der Waals surface area contributed by atoms with E-state index in [9.17, 15) is 26.4 Å². The van der Waals surface area contributed by atoms with Gasteiger partial charge in [-0.05, 0) is 76.5 Å². The molecule has 0 N–H and O–H groups in total. The van der Waals surface area contributed by atoms with Crippen molar-refractivity contribution < 1.29 is 31.2 Å². The molecule has 2 amide bonds. The maximum absolute atomic E-state index is 13.8. The van der Waals surface area contributed by atoms with Crippen LogP contribution in [-0.2, 0) is 34.2 Å². The predicted molar refractivity (Wildman–Crippen MR) is 140 cm³/mol. The van der Waals surface area contributed by atoms with Crippen molar-refractivity contribution in [2.24, 2.45) is 11.8 Å². The van der Waals surface area contributed by atoms with Crippen LogP contribution in [0, 0.1) is 11.8 Å². The molecule has 0 aromatic rings. The molecule has 10 nitrogen and oxygen atoms in total. The molecule has 37 heavy (non-hydrogen) atoms. The third-order valence-electron chi connectivity index (χ3n) is 9.25. The lowest BCUT2D eigenvalue weighted by Gasteiger charge is -2.55. The van der Waals surface area contributed by atoms with E-state index in [2.05, 4.69) is 0 Å². The third kappa shape index (κ3) is 5.72. The number of hydrogen-bond donors (Lipinski definition) is 0. The van der Waals surface area contributed by atoms with Gasteiger partial charge in [0.1, 0.15) is 15.9 Å². The molecule has 0 aromatic carbocycles. The van der Waals surface area contributed by atoms with Crippen LogP contribution in [0.15, 0.2) is 0 Å². The Balaban J connectivity index is 1.51. The lowest BCUT2D eigenvalue weighted by atomic mass is 9.69. The molecule has 6 atom stereocenters. The number of rotatable bonds is 5. The van der Waals surface area contributed by atoms with E-state index in [1.165, 1.54) is 20.4 Å². The first-order chi connectivity index (χ1) is 17.2. The SMILES string of the molecule is CC(=O)N1C2CCC(C3CCC(S(C)(=O)=O)CC3)CC2N(C(=O)C2CCC(S(=O)(=O)N(C)C)O2)C[C@@H]1C. The first-order valence-electron chi connectivity index (χ1n) is 13.6. The van der Waals surface area contributed by atoms with Crippen LogP contribution in [0.25, 0.3) is 0 Å². The van der Waals surface area contributed by atoms with E-state index in [0.29, 0.717) is 37.6 Å². The van der Waals surface area contributed by atoms with E-state index in [0.717, 1.165) is 36.4 Å². The highest BCUT2D eigenvalue weighted by atomic mass is 32.2. The summed E-state index contributed by atoms with van der Waals surface area (Å²) in [6.07, 6.45) is 6.80. The van der Waals surface area contributed by atoms with Gasteiger partial charge in [-0.15, -0.1) is 0 Å². The summed E-state index contributed by atoms with van der Waals surface area (Å²) in [7, 11) is -3.72. The molecule has 4 fully saturated rings. The van der Waals surface area contributed by atoms with Gasteiger partial charge >= 0.3 is 0 Å². The van der Waals surface area contributed by atoms with Crippen LogP contribution in [0.1, 0.15) is 71.6 Å². The van der Waals surface area contributed by atoms with Crippen LogP contribution in [-0.4, -0.2) is 105 Å². The summed E-state index contributed by atoms with van der Waals surface area (Å²) < 4.78 is 56.1. The molecule has 4 aliphatic rings. The highest BCUT2D eigenvalue weighted by Crippen LogP contribution is 2.44. The Hall–Kier alpha value is -1.24. The molecule has 12 heteroatoms. The van der Waals surface area contributed by atoms with E-state index < -0.39 is 31.4 Å². The molecule has 2 saturated carbocycles. The Kier molecular flexibility index (Phi) is 8.34. The average Bonchev–Trinajstić information content (AvgIpc) is 3.33. The Morgan fingerprint density at radius 2 is 1.49 bits per heavy atom. The number of ether oxygens (including phenoxy) is 1. The van der Waals surface area contributed by atoms with Gasteiger partial charge in [0.2, 0.25) is 15.9 Å². The molecule has 0 spiro atoms. The molecule has 212 valence electrons. The summed E-state index contributed by atoms with van der Waals surface area (Å²) in [5.74, 6) is 0.614. The standard InChI is InChI=1S/C25H43N3O7S2/c1-16-15-27(25(30)23-12-13-24(35-23)37(33,34)26(3)4)22-14-19(8-11-21(22)28(16)17(2)29)18-6-9-20(10-7-18)36(5,31)32/h16,18-24H,6-15H2,1-5H3/t16-,18?,19?,20?,21?,22?,23?,24?/m0/s1. The minimum Gasteiger partial charge on any atom is -0.348 e. The van der Waals surface area contributed by atoms with E-state index in [1.807, 2.05) is 16.7 Å². The summed E-state index contributed by atoms with van der Waals surface area (Å²) in [6.45, 7) is 3.95. The molecule has 2 aliphatic heterocycles. The summed E-state index contributed by atoms with van der Waals surface area (Å²) in [4.78, 5) is 30.2. The van der Waals surface area contributed by atoms with Gasteiger partial charge in [0.05, 0.1) is 17.3 Å². The van der Waals surface area contributed by atoms with Gasteiger partial charge in [0.15, 0.2) is 5.44 Å². The number of nitrogens with zero attached hydrogens (tertiary/aromatic N) is 3. The first-order valence-corrected chi connectivity index (χ1v) is 17.0. The van der Waals surface area contributed by atoms with Crippen molar-refractivity contribution in [2.45, 2.75) is 107 Å². The normalized spacial score (nSPS) is 37.5. The smallest absolute Gasteiger partial charge is 0.252 e. The van der Waals surface area contributed by atoms with Crippen molar-refractivity contribution in [3.8, 4) is 0 Å². The average molecular weight is 562 g/mol. The van der Waals surface area contributed by atoms with Crippen LogP contribution >= 0.6 is 0 Å². The Labute approximate surface area is 222 Å². The van der Waals surface area contributed by atoms with Gasteiger partial charge in [-0.3, -0.25) is 9.59 Å². The first kappa shape index (κ1) is 28.8. The number of carbonyl (C=O) groups is 2. The van der Waals surface area contributed by atoms with Crippen molar-refractivity contribution in [1.29, 1.82) is 0 Å². The molecule has 2 saturated heterocycles. The summed E-state index contributed by atoms with van der Waals surface area (Å²) in [6, 6.07) is -0.351. The van der Waals surface area contributed by atoms with Crippen molar-refractivity contribution in [2.75, 3.05) is 26.9 Å². The Morgan fingerprint density at radius 1 is 0.865 bits per heavy atom. The Bertz CT molecular complexity index is 1090. The van der Waals surface area contributed by atoms with Crippen molar-refractivity contribution in [1.82, 2.24) is 14.1 Å². The summed E-state index contributed by atoms with van der Waals surface area (Å²) in [5, 5.41) is -0.257. The molecular formula is C25H43N3O7S2. The van der Waals surface area contributed by atoms with Crippen molar-refractivity contribution in [3.05, 3.63) is 0 Å². The number of fused-ring (bicyclic) bond motifs is 1. The highest BCUT2D eigenvalue weighted by molar-refractivity contribution is 7.91. The van der Waals surface area contributed by atoms with Gasteiger partial charge < -0.3 is 14.5 Å². The van der Waals surface area contributed by atoms with Gasteiger partial charge in [-0.2, -0.15) is 0 Å². The number of carbonyl (C=O) groups excluding carboxylic acids is 2. The topological polar surface area (TPSA) is 121 Å². The number of sulfonamides is 1. The molecule has 0 aromatic heterocycles. The number of piperazine rings is 1. The minimum absolute atomic E-state index is 0.0102. The quantitative estimate of drug-likeness (QED) is 0.500. The number of hydrogen-bond acceptors (Lipinski definition) is 7. The van der Waals surface area contributed by atoms with Crippen LogP contribution in [0.2, 0.25) is 0 Å². The fourth-order valence-electron chi connectivity index (χ4n) is 7.30. The second-order valence-electron chi connectivity index (χ2n) is 11.8. The van der Waals surface area contributed by atoms with Gasteiger partial charge in [0.25, 0.3) is 5.91 Å². The van der Waals surface area contributed by atoms with E-state index in [1.54, 1.807) is 6.92 Å². The molecule has 2 heterocycles. The zero-order valence-electron chi connectivity index (χ0n) is 22.7.